The number of anilines is 1. The number of hydrogen-bond donors (Lipinski definition) is 1. The zero-order chi connectivity index (χ0) is 13.4. The summed E-state index contributed by atoms with van der Waals surface area (Å²) in [6.07, 6.45) is 3.59. The zero-order valence-electron chi connectivity index (χ0n) is 10.9. The number of nitrogens with zero attached hydrogens (tertiary/aromatic N) is 1. The summed E-state index contributed by atoms with van der Waals surface area (Å²) in [5, 5.41) is 4.64. The normalized spacial score (nSPS) is 22.8. The van der Waals surface area contributed by atoms with Gasteiger partial charge < -0.3 is 10.3 Å². The van der Waals surface area contributed by atoms with Gasteiger partial charge >= 0.3 is 0 Å². The average Bonchev–Trinajstić information content (AvgIpc) is 2.96. The van der Waals surface area contributed by atoms with E-state index in [1.165, 1.54) is 12.8 Å². The van der Waals surface area contributed by atoms with Gasteiger partial charge in [0.25, 0.3) is 0 Å². The van der Waals surface area contributed by atoms with Gasteiger partial charge in [-0.3, -0.25) is 0 Å². The summed E-state index contributed by atoms with van der Waals surface area (Å²) in [5.41, 5.74) is 7.78. The summed E-state index contributed by atoms with van der Waals surface area (Å²) in [6.45, 7) is 2.26. The van der Waals surface area contributed by atoms with Crippen molar-refractivity contribution in [2.45, 2.75) is 32.1 Å². The Kier molecular flexibility index (Phi) is 3.23. The van der Waals surface area contributed by atoms with Gasteiger partial charge in [-0.25, -0.2) is 0 Å². The van der Waals surface area contributed by atoms with E-state index < -0.39 is 0 Å². The van der Waals surface area contributed by atoms with Gasteiger partial charge in [-0.2, -0.15) is 0 Å². The van der Waals surface area contributed by atoms with Crippen LogP contribution in [0.2, 0.25) is 5.02 Å². The van der Waals surface area contributed by atoms with Crippen LogP contribution in [-0.2, 0) is 0 Å². The minimum atomic E-state index is 0.399. The third-order valence-corrected chi connectivity index (χ3v) is 4.42. The minimum absolute atomic E-state index is 0.399. The Morgan fingerprint density at radius 3 is 2.79 bits per heavy atom. The molecule has 1 aromatic carbocycles. The fraction of sp³-hybridized carbons (Fsp3) is 0.400. The van der Waals surface area contributed by atoms with E-state index in [4.69, 9.17) is 21.9 Å². The summed E-state index contributed by atoms with van der Waals surface area (Å²) < 4.78 is 5.53. The zero-order valence-corrected chi connectivity index (χ0v) is 11.7. The predicted octanol–water partition coefficient (Wildman–Crippen LogP) is 4.48. The molecule has 0 radical (unpaired) electrons. The molecule has 0 bridgehead atoms. The largest absolute Gasteiger partial charge is 0.380 e. The van der Waals surface area contributed by atoms with Crippen molar-refractivity contribution in [2.24, 2.45) is 5.92 Å². The predicted molar refractivity (Wildman–Crippen MR) is 77.1 cm³/mol. The van der Waals surface area contributed by atoms with E-state index in [0.29, 0.717) is 22.7 Å². The van der Waals surface area contributed by atoms with E-state index in [9.17, 15) is 0 Å². The molecule has 1 saturated carbocycles. The first-order valence-corrected chi connectivity index (χ1v) is 7.06. The van der Waals surface area contributed by atoms with Gasteiger partial charge in [0.05, 0.1) is 5.56 Å². The highest BCUT2D eigenvalue weighted by molar-refractivity contribution is 6.33. The SMILES string of the molecule is CC1CCCC1c1onc(N)c1-c1ccccc1Cl. The lowest BCUT2D eigenvalue weighted by Crippen LogP contribution is -2.02. The van der Waals surface area contributed by atoms with Gasteiger partial charge in [0, 0.05) is 16.5 Å². The third-order valence-electron chi connectivity index (χ3n) is 4.09. The molecule has 1 aromatic heterocycles. The van der Waals surface area contributed by atoms with Crippen molar-refractivity contribution in [2.75, 3.05) is 5.73 Å². The van der Waals surface area contributed by atoms with Crippen molar-refractivity contribution in [3.63, 3.8) is 0 Å². The van der Waals surface area contributed by atoms with Crippen molar-refractivity contribution in [3.8, 4) is 11.1 Å². The molecule has 0 amide bonds. The van der Waals surface area contributed by atoms with Crippen LogP contribution in [0.4, 0.5) is 5.82 Å². The third kappa shape index (κ3) is 2.12. The van der Waals surface area contributed by atoms with Crippen LogP contribution in [-0.4, -0.2) is 5.16 Å². The van der Waals surface area contributed by atoms with Crippen molar-refractivity contribution < 1.29 is 4.52 Å². The van der Waals surface area contributed by atoms with Gasteiger partial charge in [-0.05, 0) is 24.8 Å². The smallest absolute Gasteiger partial charge is 0.175 e. The maximum absolute atomic E-state index is 6.28. The molecule has 0 spiro atoms. The molecule has 4 heteroatoms. The van der Waals surface area contributed by atoms with Crippen molar-refractivity contribution in [1.82, 2.24) is 5.16 Å². The number of halogens is 1. The Balaban J connectivity index is 2.11. The molecule has 1 heterocycles. The monoisotopic (exact) mass is 276 g/mol. The molecule has 2 unspecified atom stereocenters. The second-order valence-electron chi connectivity index (χ2n) is 5.30. The summed E-state index contributed by atoms with van der Waals surface area (Å²) in [6, 6.07) is 7.70. The van der Waals surface area contributed by atoms with Crippen LogP contribution in [0.1, 0.15) is 37.9 Å². The van der Waals surface area contributed by atoms with E-state index in [2.05, 4.69) is 12.1 Å². The Bertz CT molecular complexity index is 594. The Hall–Kier alpha value is -1.48. The lowest BCUT2D eigenvalue weighted by Gasteiger charge is -2.14. The van der Waals surface area contributed by atoms with Crippen molar-refractivity contribution >= 4 is 17.4 Å². The van der Waals surface area contributed by atoms with Crippen LogP contribution < -0.4 is 5.73 Å². The first-order chi connectivity index (χ1) is 9.18. The molecule has 1 aliphatic carbocycles. The highest BCUT2D eigenvalue weighted by atomic mass is 35.5. The van der Waals surface area contributed by atoms with Crippen LogP contribution in [0, 0.1) is 5.92 Å². The first kappa shape index (κ1) is 12.5. The van der Waals surface area contributed by atoms with Gasteiger partial charge in [0.15, 0.2) is 5.82 Å². The summed E-state index contributed by atoms with van der Waals surface area (Å²) >= 11 is 6.28. The Labute approximate surface area is 117 Å². The van der Waals surface area contributed by atoms with Crippen LogP contribution in [0.5, 0.6) is 0 Å². The van der Waals surface area contributed by atoms with Crippen molar-refractivity contribution in [1.29, 1.82) is 0 Å². The topological polar surface area (TPSA) is 52.0 Å². The maximum Gasteiger partial charge on any atom is 0.175 e. The van der Waals surface area contributed by atoms with Gasteiger partial charge in [0.2, 0.25) is 0 Å². The van der Waals surface area contributed by atoms with Gasteiger partial charge in [0.1, 0.15) is 5.76 Å². The molecule has 2 N–H and O–H groups in total. The molecule has 1 aliphatic rings. The van der Waals surface area contributed by atoms with Crippen LogP contribution in [0.25, 0.3) is 11.1 Å². The maximum atomic E-state index is 6.28. The molecule has 2 aromatic rings. The molecular formula is C15H17ClN2O. The van der Waals surface area contributed by atoms with Crippen LogP contribution in [0.3, 0.4) is 0 Å². The molecule has 19 heavy (non-hydrogen) atoms. The Morgan fingerprint density at radius 2 is 2.11 bits per heavy atom. The standard InChI is InChI=1S/C15H17ClN2O/c1-9-5-4-7-10(9)14-13(15(17)18-19-14)11-6-2-3-8-12(11)16/h2-3,6,8-10H,4-5,7H2,1H3,(H2,17,18). The van der Waals surface area contributed by atoms with Crippen LogP contribution in [0.15, 0.2) is 28.8 Å². The highest BCUT2D eigenvalue weighted by Crippen LogP contribution is 2.45. The second-order valence-corrected chi connectivity index (χ2v) is 5.71. The van der Waals surface area contributed by atoms with E-state index >= 15 is 0 Å². The quantitative estimate of drug-likeness (QED) is 0.880. The number of hydrogen-bond acceptors (Lipinski definition) is 3. The summed E-state index contributed by atoms with van der Waals surface area (Å²) in [4.78, 5) is 0. The van der Waals surface area contributed by atoms with E-state index in [0.717, 1.165) is 23.3 Å². The minimum Gasteiger partial charge on any atom is -0.380 e. The molecule has 2 atom stereocenters. The molecule has 1 fully saturated rings. The summed E-state index contributed by atoms with van der Waals surface area (Å²) in [7, 11) is 0. The fourth-order valence-electron chi connectivity index (χ4n) is 3.04. The molecular weight excluding hydrogens is 260 g/mol. The van der Waals surface area contributed by atoms with Gasteiger partial charge in [-0.15, -0.1) is 0 Å². The van der Waals surface area contributed by atoms with Crippen LogP contribution >= 0.6 is 11.6 Å². The number of nitrogen functional groups attached to an aromatic ring is 1. The second kappa shape index (κ2) is 4.89. The molecule has 3 nitrogen and oxygen atoms in total. The average molecular weight is 277 g/mol. The number of aromatic nitrogens is 1. The first-order valence-electron chi connectivity index (χ1n) is 6.68. The molecule has 100 valence electrons. The van der Waals surface area contributed by atoms with Crippen molar-refractivity contribution in [3.05, 3.63) is 35.0 Å². The number of nitrogens with two attached hydrogens (primary N) is 1. The summed E-state index contributed by atoms with van der Waals surface area (Å²) in [5.74, 6) is 2.34. The van der Waals surface area contributed by atoms with E-state index in [-0.39, 0.29) is 0 Å². The lowest BCUT2D eigenvalue weighted by molar-refractivity contribution is 0.341. The lowest BCUT2D eigenvalue weighted by atomic mass is 9.90. The fourth-order valence-corrected chi connectivity index (χ4v) is 3.27. The molecule has 3 rings (SSSR count). The molecule has 0 saturated heterocycles. The van der Waals surface area contributed by atoms with E-state index in [1.54, 1.807) is 0 Å². The number of rotatable bonds is 2. The van der Waals surface area contributed by atoms with Gasteiger partial charge in [-0.1, -0.05) is 48.3 Å². The molecule has 0 aliphatic heterocycles. The van der Waals surface area contributed by atoms with E-state index in [1.807, 2.05) is 24.3 Å². The number of benzene rings is 1. The Morgan fingerprint density at radius 1 is 1.32 bits per heavy atom. The highest BCUT2D eigenvalue weighted by Gasteiger charge is 2.32.